The van der Waals surface area contributed by atoms with Gasteiger partial charge in [0.2, 0.25) is 0 Å². The van der Waals surface area contributed by atoms with Crippen LogP contribution >= 0.6 is 0 Å². The predicted octanol–water partition coefficient (Wildman–Crippen LogP) is 1.97. The summed E-state index contributed by atoms with van der Waals surface area (Å²) in [5, 5.41) is 0. The van der Waals surface area contributed by atoms with Gasteiger partial charge in [-0.05, 0) is 12.1 Å². The van der Waals surface area contributed by atoms with Crippen LogP contribution in [0.5, 0.6) is 11.5 Å². The highest BCUT2D eigenvalue weighted by molar-refractivity contribution is 7.86. The maximum absolute atomic E-state index is 12.8. The highest BCUT2D eigenvalue weighted by Crippen LogP contribution is 2.45. The van der Waals surface area contributed by atoms with Gasteiger partial charge in [0.25, 0.3) is 10.1 Å². The molecule has 0 aliphatic carbocycles. The first-order valence-corrected chi connectivity index (χ1v) is 5.86. The zero-order valence-electron chi connectivity index (χ0n) is 9.28. The van der Waals surface area contributed by atoms with Crippen molar-refractivity contribution in [1.82, 2.24) is 0 Å². The summed E-state index contributed by atoms with van der Waals surface area (Å²) in [4.78, 5) is -0.974. The minimum atomic E-state index is -4.89. The minimum absolute atomic E-state index is 0.605. The Morgan fingerprint density at radius 1 is 1.17 bits per heavy atom. The quantitative estimate of drug-likeness (QED) is 0.860. The molecule has 1 N–H and O–H groups in total. The van der Waals surface area contributed by atoms with Crippen molar-refractivity contribution < 1.29 is 35.6 Å². The van der Waals surface area contributed by atoms with Crippen molar-refractivity contribution in [1.29, 1.82) is 0 Å². The average Bonchev–Trinajstić information content (AvgIpc) is 2.24. The monoisotopic (exact) mass is 286 g/mol. The van der Waals surface area contributed by atoms with E-state index in [1.165, 1.54) is 0 Å². The maximum atomic E-state index is 12.8. The Bertz CT molecular complexity index is 550. The van der Waals surface area contributed by atoms with Gasteiger partial charge in [-0.15, -0.1) is 0 Å². The Labute approximate surface area is 101 Å². The molecule has 0 atom stereocenters. The third kappa shape index (κ3) is 2.67. The second-order valence-electron chi connectivity index (χ2n) is 3.15. The normalized spacial score (nSPS) is 12.3. The smallest absolute Gasteiger partial charge is 0.423 e. The van der Waals surface area contributed by atoms with Gasteiger partial charge in [0.15, 0.2) is 5.75 Å². The van der Waals surface area contributed by atoms with Gasteiger partial charge in [-0.3, -0.25) is 4.55 Å². The van der Waals surface area contributed by atoms with E-state index in [4.69, 9.17) is 4.55 Å². The Hall–Kier alpha value is -1.48. The first-order valence-electron chi connectivity index (χ1n) is 4.42. The molecule has 0 aliphatic rings. The Morgan fingerprint density at radius 3 is 2.06 bits per heavy atom. The molecule has 0 spiro atoms. The van der Waals surface area contributed by atoms with Crippen molar-refractivity contribution in [2.24, 2.45) is 0 Å². The topological polar surface area (TPSA) is 72.8 Å². The Balaban J connectivity index is 3.75. The zero-order chi connectivity index (χ0) is 14.1. The van der Waals surface area contributed by atoms with Crippen LogP contribution in [0.1, 0.15) is 5.56 Å². The fourth-order valence-corrected chi connectivity index (χ4v) is 2.05. The number of halogens is 3. The van der Waals surface area contributed by atoms with Gasteiger partial charge in [0, 0.05) is 0 Å². The van der Waals surface area contributed by atoms with E-state index in [1.807, 2.05) is 0 Å². The molecule has 0 heterocycles. The molecule has 0 unspecified atom stereocenters. The molecule has 1 aromatic rings. The van der Waals surface area contributed by atoms with Gasteiger partial charge in [-0.2, -0.15) is 21.6 Å². The van der Waals surface area contributed by atoms with Crippen LogP contribution in [0.25, 0.3) is 0 Å². The first-order chi connectivity index (χ1) is 8.12. The van der Waals surface area contributed by atoms with Crippen molar-refractivity contribution in [2.45, 2.75) is 11.1 Å². The molecule has 0 saturated heterocycles. The summed E-state index contributed by atoms with van der Waals surface area (Å²) < 4.78 is 78.1. The number of alkyl halides is 3. The van der Waals surface area contributed by atoms with Crippen molar-refractivity contribution in [3.8, 4) is 11.5 Å². The number of hydrogen-bond donors (Lipinski definition) is 1. The molecule has 1 rings (SSSR count). The van der Waals surface area contributed by atoms with Crippen molar-refractivity contribution in [2.75, 3.05) is 14.2 Å². The Morgan fingerprint density at radius 2 is 1.72 bits per heavy atom. The van der Waals surface area contributed by atoms with Crippen LogP contribution in [0.15, 0.2) is 17.0 Å². The second-order valence-corrected chi connectivity index (χ2v) is 4.54. The standard InChI is InChI=1S/C9H9F3O5S/c1-16-5-3-4-6(18(13,14)15)8(17-2)7(5)9(10,11)12/h3-4H,1-2H3,(H,13,14,15). The fourth-order valence-electron chi connectivity index (χ4n) is 1.39. The minimum Gasteiger partial charge on any atom is -0.496 e. The van der Waals surface area contributed by atoms with E-state index < -0.39 is 38.3 Å². The van der Waals surface area contributed by atoms with Crippen LogP contribution in [-0.2, 0) is 16.3 Å². The summed E-state index contributed by atoms with van der Waals surface area (Å²) in [5.74, 6) is -1.61. The van der Waals surface area contributed by atoms with E-state index in [-0.39, 0.29) is 0 Å². The van der Waals surface area contributed by atoms with Crippen molar-refractivity contribution >= 4 is 10.1 Å². The lowest BCUT2D eigenvalue weighted by Crippen LogP contribution is -2.13. The highest BCUT2D eigenvalue weighted by Gasteiger charge is 2.40. The maximum Gasteiger partial charge on any atom is 0.423 e. The van der Waals surface area contributed by atoms with E-state index >= 15 is 0 Å². The molecule has 0 saturated carbocycles. The zero-order valence-corrected chi connectivity index (χ0v) is 10.1. The van der Waals surface area contributed by atoms with Gasteiger partial charge < -0.3 is 9.47 Å². The van der Waals surface area contributed by atoms with Crippen LogP contribution in [0.2, 0.25) is 0 Å². The summed E-state index contributed by atoms with van der Waals surface area (Å²) in [6.45, 7) is 0. The molecule has 18 heavy (non-hydrogen) atoms. The van der Waals surface area contributed by atoms with E-state index in [0.717, 1.165) is 26.4 Å². The van der Waals surface area contributed by atoms with Crippen LogP contribution in [-0.4, -0.2) is 27.2 Å². The van der Waals surface area contributed by atoms with E-state index in [9.17, 15) is 21.6 Å². The molecule has 1 aromatic carbocycles. The van der Waals surface area contributed by atoms with E-state index in [0.29, 0.717) is 0 Å². The number of benzene rings is 1. The molecule has 0 bridgehead atoms. The molecule has 0 aromatic heterocycles. The van der Waals surface area contributed by atoms with Crippen molar-refractivity contribution in [3.05, 3.63) is 17.7 Å². The first kappa shape index (κ1) is 14.6. The van der Waals surface area contributed by atoms with Gasteiger partial charge >= 0.3 is 6.18 Å². The molecule has 102 valence electrons. The molecule has 9 heteroatoms. The molecule has 5 nitrogen and oxygen atoms in total. The molecule has 0 aliphatic heterocycles. The summed E-state index contributed by atoms with van der Waals surface area (Å²) in [7, 11) is -2.98. The van der Waals surface area contributed by atoms with Crippen LogP contribution in [0, 0.1) is 0 Å². The molecule has 0 radical (unpaired) electrons. The summed E-state index contributed by atoms with van der Waals surface area (Å²) in [5.41, 5.74) is -1.40. The van der Waals surface area contributed by atoms with Gasteiger partial charge in [0.05, 0.1) is 14.2 Å². The predicted molar refractivity (Wildman–Crippen MR) is 54.4 cm³/mol. The number of ether oxygens (including phenoxy) is 2. The van der Waals surface area contributed by atoms with Crippen LogP contribution in [0.4, 0.5) is 13.2 Å². The van der Waals surface area contributed by atoms with E-state index in [1.54, 1.807) is 0 Å². The highest BCUT2D eigenvalue weighted by atomic mass is 32.2. The fraction of sp³-hybridized carbons (Fsp3) is 0.333. The molecular formula is C9H9F3O5S. The van der Waals surface area contributed by atoms with Crippen LogP contribution in [0.3, 0.4) is 0 Å². The van der Waals surface area contributed by atoms with Gasteiger partial charge in [-0.25, -0.2) is 0 Å². The molecule has 0 fully saturated rings. The third-order valence-electron chi connectivity index (χ3n) is 2.07. The number of rotatable bonds is 3. The number of hydrogen-bond acceptors (Lipinski definition) is 4. The number of methoxy groups -OCH3 is 2. The average molecular weight is 286 g/mol. The summed E-state index contributed by atoms with van der Waals surface area (Å²) in [6, 6.07) is 1.55. The van der Waals surface area contributed by atoms with Crippen molar-refractivity contribution in [3.63, 3.8) is 0 Å². The SMILES string of the molecule is COc1ccc(S(=O)(=O)O)c(OC)c1C(F)(F)F. The lowest BCUT2D eigenvalue weighted by atomic mass is 10.1. The lowest BCUT2D eigenvalue weighted by molar-refractivity contribution is -0.140. The molecule has 0 amide bonds. The third-order valence-corrected chi connectivity index (χ3v) is 2.95. The summed E-state index contributed by atoms with van der Waals surface area (Å²) in [6.07, 6.45) is -4.89. The lowest BCUT2D eigenvalue weighted by Gasteiger charge is -2.17. The Kier molecular flexibility index (Phi) is 3.77. The van der Waals surface area contributed by atoms with Gasteiger partial charge in [0.1, 0.15) is 16.2 Å². The van der Waals surface area contributed by atoms with Gasteiger partial charge in [-0.1, -0.05) is 0 Å². The van der Waals surface area contributed by atoms with E-state index in [2.05, 4.69) is 9.47 Å². The largest absolute Gasteiger partial charge is 0.496 e. The van der Waals surface area contributed by atoms with Crippen LogP contribution < -0.4 is 9.47 Å². The molecular weight excluding hydrogens is 277 g/mol. The second kappa shape index (κ2) is 4.65. The summed E-state index contributed by atoms with van der Waals surface area (Å²) >= 11 is 0.